The molecular weight excluding hydrogens is 310 g/mol. The first-order valence-corrected chi connectivity index (χ1v) is 7.24. The van der Waals surface area contributed by atoms with Gasteiger partial charge in [-0.3, -0.25) is 4.79 Å². The standard InChI is InChI=1S/C12H14ClFN2OS.ClH/c13-10-5-8(1-2-11(10)14)16-12(17)6-9-7-18-4-3-15-9;/h1-2,5,9,15H,3-4,6-7H2,(H,16,17);1H. The summed E-state index contributed by atoms with van der Waals surface area (Å²) in [5.41, 5.74) is 0.523. The summed E-state index contributed by atoms with van der Waals surface area (Å²) >= 11 is 7.49. The molecule has 1 saturated heterocycles. The van der Waals surface area contributed by atoms with Crippen LogP contribution >= 0.6 is 35.8 Å². The minimum atomic E-state index is -0.486. The van der Waals surface area contributed by atoms with Crippen LogP contribution < -0.4 is 10.6 Å². The predicted molar refractivity (Wildman–Crippen MR) is 81.0 cm³/mol. The summed E-state index contributed by atoms with van der Waals surface area (Å²) in [7, 11) is 0. The Labute approximate surface area is 127 Å². The van der Waals surface area contributed by atoms with Crippen LogP contribution in [0.4, 0.5) is 10.1 Å². The second-order valence-electron chi connectivity index (χ2n) is 4.11. The summed E-state index contributed by atoms with van der Waals surface area (Å²) in [6.07, 6.45) is 0.419. The molecule has 1 aromatic carbocycles. The van der Waals surface area contributed by atoms with Gasteiger partial charge in [0.05, 0.1) is 5.02 Å². The molecule has 19 heavy (non-hydrogen) atoms. The predicted octanol–water partition coefficient (Wildman–Crippen LogP) is 2.93. The maximum absolute atomic E-state index is 13.0. The van der Waals surface area contributed by atoms with Gasteiger partial charge < -0.3 is 10.6 Å². The molecule has 0 saturated carbocycles. The molecule has 106 valence electrons. The van der Waals surface area contributed by atoms with Gasteiger partial charge in [-0.15, -0.1) is 12.4 Å². The van der Waals surface area contributed by atoms with E-state index in [-0.39, 0.29) is 29.4 Å². The summed E-state index contributed by atoms with van der Waals surface area (Å²) in [6.45, 7) is 0.936. The lowest BCUT2D eigenvalue weighted by Gasteiger charge is -2.22. The molecule has 1 aliphatic rings. The first-order valence-electron chi connectivity index (χ1n) is 5.71. The van der Waals surface area contributed by atoms with Crippen molar-refractivity contribution in [2.75, 3.05) is 23.4 Å². The number of anilines is 1. The number of halogens is 3. The van der Waals surface area contributed by atoms with Crippen molar-refractivity contribution in [3.05, 3.63) is 29.0 Å². The van der Waals surface area contributed by atoms with Gasteiger partial charge in [0.15, 0.2) is 0 Å². The van der Waals surface area contributed by atoms with E-state index in [1.54, 1.807) is 0 Å². The van der Waals surface area contributed by atoms with Crippen LogP contribution in [0.3, 0.4) is 0 Å². The maximum atomic E-state index is 13.0. The van der Waals surface area contributed by atoms with Gasteiger partial charge in [-0.25, -0.2) is 4.39 Å². The molecule has 0 radical (unpaired) electrons. The van der Waals surface area contributed by atoms with E-state index in [4.69, 9.17) is 11.6 Å². The van der Waals surface area contributed by atoms with Crippen molar-refractivity contribution >= 4 is 47.4 Å². The van der Waals surface area contributed by atoms with Crippen molar-refractivity contribution in [3.63, 3.8) is 0 Å². The van der Waals surface area contributed by atoms with Crippen molar-refractivity contribution in [3.8, 4) is 0 Å². The molecule has 1 fully saturated rings. The summed E-state index contributed by atoms with van der Waals surface area (Å²) in [5.74, 6) is 1.46. The van der Waals surface area contributed by atoms with Crippen LogP contribution in [-0.4, -0.2) is 30.0 Å². The number of carbonyl (C=O) groups is 1. The third-order valence-corrected chi connectivity index (χ3v) is 4.05. The summed E-state index contributed by atoms with van der Waals surface area (Å²) in [6, 6.07) is 4.37. The Balaban J connectivity index is 0.00000180. The lowest BCUT2D eigenvalue weighted by Crippen LogP contribution is -2.39. The van der Waals surface area contributed by atoms with Crippen LogP contribution in [0.15, 0.2) is 18.2 Å². The zero-order chi connectivity index (χ0) is 13.0. The molecule has 2 rings (SSSR count). The van der Waals surface area contributed by atoms with Gasteiger partial charge in [0, 0.05) is 36.2 Å². The highest BCUT2D eigenvalue weighted by Gasteiger charge is 2.16. The Morgan fingerprint density at radius 1 is 1.58 bits per heavy atom. The second kappa shape index (κ2) is 7.94. The fourth-order valence-corrected chi connectivity index (χ4v) is 2.89. The van der Waals surface area contributed by atoms with Crippen molar-refractivity contribution in [1.29, 1.82) is 0 Å². The Morgan fingerprint density at radius 2 is 2.37 bits per heavy atom. The molecule has 1 heterocycles. The quantitative estimate of drug-likeness (QED) is 0.898. The van der Waals surface area contributed by atoms with Gasteiger partial charge >= 0.3 is 0 Å². The SMILES string of the molecule is Cl.O=C(CC1CSCCN1)Nc1ccc(F)c(Cl)c1. The van der Waals surface area contributed by atoms with E-state index in [2.05, 4.69) is 10.6 Å². The van der Waals surface area contributed by atoms with Gasteiger partial charge in [0.2, 0.25) is 5.91 Å². The molecule has 1 atom stereocenters. The van der Waals surface area contributed by atoms with E-state index >= 15 is 0 Å². The highest BCUT2D eigenvalue weighted by molar-refractivity contribution is 7.99. The zero-order valence-corrected chi connectivity index (χ0v) is 12.5. The molecular formula is C12H15Cl2FN2OS. The van der Waals surface area contributed by atoms with E-state index in [1.165, 1.54) is 18.2 Å². The molecule has 0 bridgehead atoms. The molecule has 1 unspecified atom stereocenters. The Hall–Kier alpha value is -0.490. The average molecular weight is 325 g/mol. The lowest BCUT2D eigenvalue weighted by molar-refractivity contribution is -0.116. The van der Waals surface area contributed by atoms with Crippen molar-refractivity contribution in [2.24, 2.45) is 0 Å². The number of carbonyl (C=O) groups excluding carboxylic acids is 1. The number of nitrogens with one attached hydrogen (secondary N) is 2. The number of hydrogen-bond acceptors (Lipinski definition) is 3. The highest BCUT2D eigenvalue weighted by Crippen LogP contribution is 2.19. The molecule has 0 spiro atoms. The van der Waals surface area contributed by atoms with Gasteiger partial charge in [-0.05, 0) is 18.2 Å². The first-order chi connectivity index (χ1) is 8.65. The number of thioether (sulfide) groups is 1. The maximum Gasteiger partial charge on any atom is 0.225 e. The topological polar surface area (TPSA) is 41.1 Å². The molecule has 1 aliphatic heterocycles. The third kappa shape index (κ3) is 5.18. The summed E-state index contributed by atoms with van der Waals surface area (Å²) in [4.78, 5) is 11.8. The molecule has 7 heteroatoms. The fourth-order valence-electron chi connectivity index (χ4n) is 1.76. The molecule has 1 amide bonds. The van der Waals surface area contributed by atoms with Crippen LogP contribution in [0.1, 0.15) is 6.42 Å². The Morgan fingerprint density at radius 3 is 3.00 bits per heavy atom. The summed E-state index contributed by atoms with van der Waals surface area (Å²) in [5, 5.41) is 6.02. The number of amides is 1. The third-order valence-electron chi connectivity index (χ3n) is 2.63. The number of rotatable bonds is 3. The minimum absolute atomic E-state index is 0. The largest absolute Gasteiger partial charge is 0.326 e. The molecule has 0 aromatic heterocycles. The fraction of sp³-hybridized carbons (Fsp3) is 0.417. The van der Waals surface area contributed by atoms with Gasteiger partial charge in [-0.1, -0.05) is 11.6 Å². The lowest BCUT2D eigenvalue weighted by atomic mass is 10.2. The van der Waals surface area contributed by atoms with E-state index in [9.17, 15) is 9.18 Å². The zero-order valence-electron chi connectivity index (χ0n) is 10.1. The van der Waals surface area contributed by atoms with Crippen molar-refractivity contribution in [2.45, 2.75) is 12.5 Å². The average Bonchev–Trinajstić information content (AvgIpc) is 2.35. The van der Waals surface area contributed by atoms with Crippen molar-refractivity contribution < 1.29 is 9.18 Å². The monoisotopic (exact) mass is 324 g/mol. The Bertz CT molecular complexity index is 442. The highest BCUT2D eigenvalue weighted by atomic mass is 35.5. The van der Waals surface area contributed by atoms with Gasteiger partial charge in [0.25, 0.3) is 0 Å². The van der Waals surface area contributed by atoms with E-state index < -0.39 is 5.82 Å². The van der Waals surface area contributed by atoms with E-state index in [1.807, 2.05) is 11.8 Å². The van der Waals surface area contributed by atoms with Gasteiger partial charge in [-0.2, -0.15) is 11.8 Å². The molecule has 1 aromatic rings. The van der Waals surface area contributed by atoms with E-state index in [0.717, 1.165) is 18.1 Å². The van der Waals surface area contributed by atoms with Crippen LogP contribution in [0, 0.1) is 5.82 Å². The first kappa shape index (κ1) is 16.6. The Kier molecular flexibility index (Phi) is 6.93. The van der Waals surface area contributed by atoms with Gasteiger partial charge in [0.1, 0.15) is 5.82 Å². The smallest absolute Gasteiger partial charge is 0.225 e. The van der Waals surface area contributed by atoms with E-state index in [0.29, 0.717) is 12.1 Å². The normalized spacial score (nSPS) is 18.5. The minimum Gasteiger partial charge on any atom is -0.326 e. The van der Waals surface area contributed by atoms with Crippen LogP contribution in [0.25, 0.3) is 0 Å². The van der Waals surface area contributed by atoms with Crippen molar-refractivity contribution in [1.82, 2.24) is 5.32 Å². The van der Waals surface area contributed by atoms with Crippen LogP contribution in [0.2, 0.25) is 5.02 Å². The van der Waals surface area contributed by atoms with Crippen LogP contribution in [-0.2, 0) is 4.79 Å². The molecule has 3 nitrogen and oxygen atoms in total. The molecule has 2 N–H and O–H groups in total. The van der Waals surface area contributed by atoms with Crippen LogP contribution in [0.5, 0.6) is 0 Å². The number of benzene rings is 1. The number of hydrogen-bond donors (Lipinski definition) is 2. The summed E-state index contributed by atoms with van der Waals surface area (Å²) < 4.78 is 13.0. The molecule has 0 aliphatic carbocycles. The second-order valence-corrected chi connectivity index (χ2v) is 5.66.